The van der Waals surface area contributed by atoms with E-state index in [2.05, 4.69) is 21.2 Å². The minimum Gasteiger partial charge on any atom is -0.488 e. The molecule has 0 unspecified atom stereocenters. The van der Waals surface area contributed by atoms with E-state index in [1.165, 1.54) is 17.8 Å². The third kappa shape index (κ3) is 4.03. The summed E-state index contributed by atoms with van der Waals surface area (Å²) in [7, 11) is 0. The van der Waals surface area contributed by atoms with Crippen molar-refractivity contribution >= 4 is 56.2 Å². The van der Waals surface area contributed by atoms with Crippen LogP contribution >= 0.6 is 39.9 Å². The molecule has 3 nitrogen and oxygen atoms in total. The molecular weight excluding hydrogens is 413 g/mol. The standard InChI is InChI=1S/C17H11BrFNO2S2/c18-12-7-10(8-15-16(21)20-17(23)24-15)5-6-14(12)22-9-11-3-1-2-4-13(11)19/h1-8H,9H2,(H,20,21,23)/b15-8-. The zero-order valence-electron chi connectivity index (χ0n) is 12.2. The molecule has 0 spiro atoms. The fourth-order valence-electron chi connectivity index (χ4n) is 2.07. The number of thiocarbonyl (C=S) groups is 1. The fraction of sp³-hybridized carbons (Fsp3) is 0.0588. The maximum atomic E-state index is 13.6. The molecule has 2 aromatic rings. The van der Waals surface area contributed by atoms with Gasteiger partial charge in [-0.25, -0.2) is 4.39 Å². The minimum absolute atomic E-state index is 0.137. The molecule has 1 aliphatic rings. The van der Waals surface area contributed by atoms with E-state index in [0.29, 0.717) is 20.5 Å². The smallest absolute Gasteiger partial charge is 0.263 e. The van der Waals surface area contributed by atoms with E-state index in [1.54, 1.807) is 30.3 Å². The maximum absolute atomic E-state index is 13.6. The number of thioether (sulfide) groups is 1. The first-order valence-corrected chi connectivity index (χ1v) is 8.95. The molecule has 0 radical (unpaired) electrons. The van der Waals surface area contributed by atoms with Crippen LogP contribution in [0.3, 0.4) is 0 Å². The van der Waals surface area contributed by atoms with Crippen LogP contribution in [0.4, 0.5) is 4.39 Å². The van der Waals surface area contributed by atoms with Crippen LogP contribution in [0, 0.1) is 5.82 Å². The molecule has 3 rings (SSSR count). The topological polar surface area (TPSA) is 38.3 Å². The number of hydrogen-bond donors (Lipinski definition) is 1. The highest BCUT2D eigenvalue weighted by atomic mass is 79.9. The number of rotatable bonds is 4. The lowest BCUT2D eigenvalue weighted by Gasteiger charge is -2.09. The summed E-state index contributed by atoms with van der Waals surface area (Å²) in [6.07, 6.45) is 1.75. The number of ether oxygens (including phenoxy) is 1. The molecule has 0 bridgehead atoms. The fourth-order valence-corrected chi connectivity index (χ4v) is 3.62. The second-order valence-corrected chi connectivity index (χ2v) is 7.50. The third-order valence-electron chi connectivity index (χ3n) is 3.24. The first-order chi connectivity index (χ1) is 11.5. The van der Waals surface area contributed by atoms with Crippen molar-refractivity contribution in [2.45, 2.75) is 6.61 Å². The number of halogens is 2. The van der Waals surface area contributed by atoms with Crippen molar-refractivity contribution in [2.75, 3.05) is 0 Å². The van der Waals surface area contributed by atoms with E-state index in [1.807, 2.05) is 12.1 Å². The van der Waals surface area contributed by atoms with Crippen LogP contribution in [-0.4, -0.2) is 10.2 Å². The van der Waals surface area contributed by atoms with E-state index in [-0.39, 0.29) is 18.3 Å². The summed E-state index contributed by atoms with van der Waals surface area (Å²) in [6, 6.07) is 11.9. The van der Waals surface area contributed by atoms with Gasteiger partial charge >= 0.3 is 0 Å². The molecule has 1 N–H and O–H groups in total. The van der Waals surface area contributed by atoms with Crippen LogP contribution in [0.1, 0.15) is 11.1 Å². The lowest BCUT2D eigenvalue weighted by molar-refractivity contribution is -0.115. The summed E-state index contributed by atoms with van der Waals surface area (Å²) < 4.78 is 20.4. The first-order valence-electron chi connectivity index (χ1n) is 6.93. The third-order valence-corrected chi connectivity index (χ3v) is 5.02. The number of carbonyl (C=O) groups is 1. The van der Waals surface area contributed by atoms with Crippen molar-refractivity contribution in [3.63, 3.8) is 0 Å². The summed E-state index contributed by atoms with van der Waals surface area (Å²) in [5.41, 5.74) is 1.32. The molecule has 1 aliphatic heterocycles. The lowest BCUT2D eigenvalue weighted by Crippen LogP contribution is -2.17. The monoisotopic (exact) mass is 423 g/mol. The summed E-state index contributed by atoms with van der Waals surface area (Å²) >= 11 is 9.62. The Bertz CT molecular complexity index is 854. The highest BCUT2D eigenvalue weighted by molar-refractivity contribution is 9.10. The Hall–Kier alpha value is -1.70. The van der Waals surface area contributed by atoms with Gasteiger partial charge in [-0.05, 0) is 45.8 Å². The van der Waals surface area contributed by atoms with Gasteiger partial charge in [-0.1, -0.05) is 48.2 Å². The molecule has 0 saturated carbocycles. The van der Waals surface area contributed by atoms with Crippen LogP contribution < -0.4 is 10.1 Å². The van der Waals surface area contributed by atoms with Crippen LogP contribution in [0.2, 0.25) is 0 Å². The van der Waals surface area contributed by atoms with Gasteiger partial charge in [0.2, 0.25) is 0 Å². The van der Waals surface area contributed by atoms with Gasteiger partial charge in [-0.15, -0.1) is 0 Å². The van der Waals surface area contributed by atoms with E-state index >= 15 is 0 Å². The normalized spacial score (nSPS) is 15.7. The molecule has 1 heterocycles. The maximum Gasteiger partial charge on any atom is 0.263 e. The van der Waals surface area contributed by atoms with Crippen LogP contribution in [0.25, 0.3) is 6.08 Å². The van der Waals surface area contributed by atoms with Crippen molar-refractivity contribution in [1.29, 1.82) is 0 Å². The van der Waals surface area contributed by atoms with E-state index in [9.17, 15) is 9.18 Å². The predicted octanol–water partition coefficient (Wildman–Crippen LogP) is 4.66. The van der Waals surface area contributed by atoms with E-state index in [4.69, 9.17) is 17.0 Å². The van der Waals surface area contributed by atoms with Crippen LogP contribution in [0.15, 0.2) is 51.8 Å². The molecule has 24 heavy (non-hydrogen) atoms. The molecule has 0 aromatic heterocycles. The molecule has 7 heteroatoms. The number of hydrogen-bond acceptors (Lipinski definition) is 4. The van der Waals surface area contributed by atoms with Crippen LogP contribution in [-0.2, 0) is 11.4 Å². The molecule has 122 valence electrons. The average molecular weight is 424 g/mol. The van der Waals surface area contributed by atoms with Crippen molar-refractivity contribution < 1.29 is 13.9 Å². The Morgan fingerprint density at radius 1 is 1.29 bits per heavy atom. The molecule has 2 aromatic carbocycles. The van der Waals surface area contributed by atoms with Crippen molar-refractivity contribution in [1.82, 2.24) is 5.32 Å². The predicted molar refractivity (Wildman–Crippen MR) is 101 cm³/mol. The van der Waals surface area contributed by atoms with Crippen LogP contribution in [0.5, 0.6) is 5.75 Å². The largest absolute Gasteiger partial charge is 0.488 e. The first kappa shape index (κ1) is 17.1. The number of carbonyl (C=O) groups excluding carboxylic acids is 1. The molecule has 1 amide bonds. The summed E-state index contributed by atoms with van der Waals surface area (Å²) in [4.78, 5) is 12.2. The highest BCUT2D eigenvalue weighted by Gasteiger charge is 2.22. The van der Waals surface area contributed by atoms with Gasteiger partial charge in [0.1, 0.15) is 22.5 Å². The van der Waals surface area contributed by atoms with Crippen molar-refractivity contribution in [2.24, 2.45) is 0 Å². The number of nitrogens with one attached hydrogen (secondary N) is 1. The number of amides is 1. The molecule has 1 saturated heterocycles. The van der Waals surface area contributed by atoms with Gasteiger partial charge < -0.3 is 10.1 Å². The summed E-state index contributed by atoms with van der Waals surface area (Å²) in [5.74, 6) is 0.107. The molecular formula is C17H11BrFNO2S2. The van der Waals surface area contributed by atoms with Gasteiger partial charge in [0.15, 0.2) is 0 Å². The summed E-state index contributed by atoms with van der Waals surface area (Å²) in [5, 5.41) is 2.57. The van der Waals surface area contributed by atoms with Gasteiger partial charge in [-0.3, -0.25) is 4.79 Å². The van der Waals surface area contributed by atoms with Crippen molar-refractivity contribution in [3.8, 4) is 5.75 Å². The molecule has 0 atom stereocenters. The van der Waals surface area contributed by atoms with E-state index in [0.717, 1.165) is 10.0 Å². The van der Waals surface area contributed by atoms with Crippen molar-refractivity contribution in [3.05, 3.63) is 68.8 Å². The zero-order valence-corrected chi connectivity index (χ0v) is 15.4. The van der Waals surface area contributed by atoms with Gasteiger partial charge in [-0.2, -0.15) is 0 Å². The molecule has 0 aliphatic carbocycles. The lowest BCUT2D eigenvalue weighted by atomic mass is 10.2. The Labute approximate surface area is 156 Å². The summed E-state index contributed by atoms with van der Waals surface area (Å²) in [6.45, 7) is 0.137. The van der Waals surface area contributed by atoms with Gasteiger partial charge in [0.25, 0.3) is 5.91 Å². The Morgan fingerprint density at radius 2 is 2.08 bits per heavy atom. The Morgan fingerprint density at radius 3 is 2.75 bits per heavy atom. The SMILES string of the molecule is O=C1NC(=S)S/C1=C\c1ccc(OCc2ccccc2F)c(Br)c1. The average Bonchev–Trinajstić information content (AvgIpc) is 2.85. The number of benzene rings is 2. The molecule has 1 fully saturated rings. The highest BCUT2D eigenvalue weighted by Crippen LogP contribution is 2.30. The second-order valence-electron chi connectivity index (χ2n) is 4.92. The zero-order chi connectivity index (χ0) is 17.1. The minimum atomic E-state index is -0.296. The van der Waals surface area contributed by atoms with Gasteiger partial charge in [0.05, 0.1) is 9.38 Å². The van der Waals surface area contributed by atoms with E-state index < -0.39 is 0 Å². The quantitative estimate of drug-likeness (QED) is 0.573. The second kappa shape index (κ2) is 7.46. The Kier molecular flexibility index (Phi) is 5.33. The Balaban J connectivity index is 1.73. The van der Waals surface area contributed by atoms with Gasteiger partial charge in [0, 0.05) is 5.56 Å².